The summed E-state index contributed by atoms with van der Waals surface area (Å²) in [5.74, 6) is 0.609. The van der Waals surface area contributed by atoms with Crippen LogP contribution in [0, 0.1) is 18.8 Å². The summed E-state index contributed by atoms with van der Waals surface area (Å²) in [6.07, 6.45) is 2.96. The van der Waals surface area contributed by atoms with E-state index in [4.69, 9.17) is 4.74 Å². The highest BCUT2D eigenvalue weighted by Gasteiger charge is 2.30. The molecule has 1 saturated heterocycles. The molecule has 1 saturated carbocycles. The summed E-state index contributed by atoms with van der Waals surface area (Å²) >= 11 is 1.35. The lowest BCUT2D eigenvalue weighted by Gasteiger charge is -2.08. The van der Waals surface area contributed by atoms with Crippen molar-refractivity contribution in [2.45, 2.75) is 26.2 Å². The van der Waals surface area contributed by atoms with Gasteiger partial charge < -0.3 is 15.4 Å². The van der Waals surface area contributed by atoms with Crippen LogP contribution in [0.4, 0.5) is 5.00 Å². The number of carbonyl (C=O) groups is 2. The van der Waals surface area contributed by atoms with Gasteiger partial charge >= 0.3 is 0 Å². The van der Waals surface area contributed by atoms with Gasteiger partial charge in [-0.05, 0) is 37.8 Å². The Morgan fingerprint density at radius 3 is 2.86 bits per heavy atom. The van der Waals surface area contributed by atoms with Gasteiger partial charge in [0.25, 0.3) is 5.91 Å². The van der Waals surface area contributed by atoms with Gasteiger partial charge in [0.1, 0.15) is 0 Å². The third-order valence-electron chi connectivity index (χ3n) is 3.89. The zero-order valence-corrected chi connectivity index (χ0v) is 12.9. The minimum atomic E-state index is -0.0590. The molecule has 2 fully saturated rings. The molecule has 3 rings (SSSR count). The number of thiophene rings is 1. The maximum atomic E-state index is 12.2. The molecule has 0 unspecified atom stereocenters. The number of aryl methyl sites for hydroxylation is 1. The summed E-state index contributed by atoms with van der Waals surface area (Å²) in [7, 11) is 0. The lowest BCUT2D eigenvalue weighted by Crippen LogP contribution is -2.29. The molecule has 0 bridgehead atoms. The largest absolute Gasteiger partial charge is 0.381 e. The van der Waals surface area contributed by atoms with Crippen molar-refractivity contribution in [2.75, 3.05) is 25.1 Å². The number of rotatable bonds is 5. The Labute approximate surface area is 128 Å². The third-order valence-corrected chi connectivity index (χ3v) is 5.05. The average Bonchev–Trinajstić information content (AvgIpc) is 3.06. The van der Waals surface area contributed by atoms with Crippen LogP contribution in [0.1, 0.15) is 34.5 Å². The second-order valence-electron chi connectivity index (χ2n) is 5.83. The molecule has 2 heterocycles. The Morgan fingerprint density at radius 1 is 1.38 bits per heavy atom. The van der Waals surface area contributed by atoms with Crippen LogP contribution in [0.5, 0.6) is 0 Å². The van der Waals surface area contributed by atoms with Crippen LogP contribution in [0.15, 0.2) is 6.07 Å². The topological polar surface area (TPSA) is 67.4 Å². The van der Waals surface area contributed by atoms with Crippen molar-refractivity contribution >= 4 is 28.2 Å². The monoisotopic (exact) mass is 308 g/mol. The first-order valence-corrected chi connectivity index (χ1v) is 8.22. The molecule has 2 amide bonds. The summed E-state index contributed by atoms with van der Waals surface area (Å²) < 4.78 is 5.30. The van der Waals surface area contributed by atoms with Crippen molar-refractivity contribution in [2.24, 2.45) is 11.8 Å². The van der Waals surface area contributed by atoms with E-state index in [0.29, 0.717) is 17.3 Å². The van der Waals surface area contributed by atoms with E-state index in [1.54, 1.807) is 0 Å². The second kappa shape index (κ2) is 6.15. The van der Waals surface area contributed by atoms with Crippen molar-refractivity contribution in [1.82, 2.24) is 5.32 Å². The second-order valence-corrected chi connectivity index (χ2v) is 6.88. The molecule has 2 aliphatic rings. The number of amides is 2. The van der Waals surface area contributed by atoms with Gasteiger partial charge in [-0.25, -0.2) is 0 Å². The Bertz CT molecular complexity index is 545. The Kier molecular flexibility index (Phi) is 4.26. The van der Waals surface area contributed by atoms with Crippen molar-refractivity contribution < 1.29 is 14.3 Å². The predicted molar refractivity (Wildman–Crippen MR) is 81.7 cm³/mol. The number of hydrogen-bond donors (Lipinski definition) is 2. The highest BCUT2D eigenvalue weighted by atomic mass is 32.1. The van der Waals surface area contributed by atoms with E-state index in [2.05, 4.69) is 10.6 Å². The minimum absolute atomic E-state index is 0.0590. The third kappa shape index (κ3) is 3.63. The van der Waals surface area contributed by atoms with E-state index in [1.807, 2.05) is 13.0 Å². The molecule has 0 aromatic carbocycles. The first-order valence-electron chi connectivity index (χ1n) is 7.40. The van der Waals surface area contributed by atoms with Crippen molar-refractivity contribution in [1.29, 1.82) is 0 Å². The number of hydrogen-bond acceptors (Lipinski definition) is 4. The predicted octanol–water partition coefficient (Wildman–Crippen LogP) is 2.17. The van der Waals surface area contributed by atoms with Gasteiger partial charge in [-0.3, -0.25) is 9.59 Å². The molecule has 1 aliphatic heterocycles. The molecule has 0 spiro atoms. The van der Waals surface area contributed by atoms with Crippen molar-refractivity contribution in [3.05, 3.63) is 16.5 Å². The van der Waals surface area contributed by atoms with Crippen LogP contribution in [0.2, 0.25) is 0 Å². The molecule has 5 nitrogen and oxygen atoms in total. The van der Waals surface area contributed by atoms with Gasteiger partial charge in [0.2, 0.25) is 5.91 Å². The first kappa shape index (κ1) is 14.5. The van der Waals surface area contributed by atoms with Gasteiger partial charge in [0, 0.05) is 25.0 Å². The smallest absolute Gasteiger partial charge is 0.261 e. The van der Waals surface area contributed by atoms with Crippen molar-refractivity contribution in [3.63, 3.8) is 0 Å². The molecule has 2 N–H and O–H groups in total. The SMILES string of the molecule is Cc1cc(NC(=O)C2CC2)sc1C(=O)NC[C@H]1CCOC1. The highest BCUT2D eigenvalue weighted by molar-refractivity contribution is 7.18. The molecule has 21 heavy (non-hydrogen) atoms. The lowest BCUT2D eigenvalue weighted by atomic mass is 10.1. The molecule has 1 aliphatic carbocycles. The molecule has 1 atom stereocenters. The Morgan fingerprint density at radius 2 is 2.19 bits per heavy atom. The first-order chi connectivity index (χ1) is 10.1. The van der Waals surface area contributed by atoms with E-state index in [-0.39, 0.29) is 17.7 Å². The van der Waals surface area contributed by atoms with Crippen LogP contribution in [-0.2, 0) is 9.53 Å². The fraction of sp³-hybridized carbons (Fsp3) is 0.600. The van der Waals surface area contributed by atoms with Gasteiger partial charge in [0.05, 0.1) is 16.5 Å². The van der Waals surface area contributed by atoms with Crippen LogP contribution < -0.4 is 10.6 Å². The average molecular weight is 308 g/mol. The number of ether oxygens (including phenoxy) is 1. The molecule has 114 valence electrons. The van der Waals surface area contributed by atoms with Crippen LogP contribution in [0.25, 0.3) is 0 Å². The molecule has 1 aromatic rings. The maximum Gasteiger partial charge on any atom is 0.261 e. The summed E-state index contributed by atoms with van der Waals surface area (Å²) in [5.41, 5.74) is 0.909. The van der Waals surface area contributed by atoms with E-state index in [0.717, 1.165) is 43.0 Å². The van der Waals surface area contributed by atoms with Crippen LogP contribution in [0.3, 0.4) is 0 Å². The van der Waals surface area contributed by atoms with Crippen molar-refractivity contribution in [3.8, 4) is 0 Å². The molecule has 6 heteroatoms. The van der Waals surface area contributed by atoms with E-state index in [1.165, 1.54) is 11.3 Å². The maximum absolute atomic E-state index is 12.2. The van der Waals surface area contributed by atoms with E-state index < -0.39 is 0 Å². The highest BCUT2D eigenvalue weighted by Crippen LogP contribution is 2.32. The quantitative estimate of drug-likeness (QED) is 0.876. The zero-order valence-electron chi connectivity index (χ0n) is 12.1. The zero-order chi connectivity index (χ0) is 14.8. The summed E-state index contributed by atoms with van der Waals surface area (Å²) in [6.45, 7) is 4.07. The van der Waals surface area contributed by atoms with Gasteiger partial charge in [0.15, 0.2) is 0 Å². The Hall–Kier alpha value is -1.40. The fourth-order valence-electron chi connectivity index (χ4n) is 2.40. The molecular formula is C15H20N2O3S. The van der Waals surface area contributed by atoms with E-state index >= 15 is 0 Å². The standard InChI is InChI=1S/C15H20N2O3S/c1-9-6-12(17-14(18)11-2-3-11)21-13(9)15(19)16-7-10-4-5-20-8-10/h6,10-11H,2-5,7-8H2,1H3,(H,16,19)(H,17,18)/t10-/m1/s1. The Balaban J connectivity index is 1.57. The number of anilines is 1. The summed E-state index contributed by atoms with van der Waals surface area (Å²) in [6, 6.07) is 1.87. The molecule has 1 aromatic heterocycles. The fourth-order valence-corrected chi connectivity index (χ4v) is 3.39. The minimum Gasteiger partial charge on any atom is -0.381 e. The molecular weight excluding hydrogens is 288 g/mol. The van der Waals surface area contributed by atoms with E-state index in [9.17, 15) is 9.59 Å². The summed E-state index contributed by atoms with van der Waals surface area (Å²) in [4.78, 5) is 24.6. The lowest BCUT2D eigenvalue weighted by molar-refractivity contribution is -0.117. The van der Waals surface area contributed by atoms with Crippen LogP contribution >= 0.6 is 11.3 Å². The molecule has 0 radical (unpaired) electrons. The van der Waals surface area contributed by atoms with Gasteiger partial charge in [-0.2, -0.15) is 0 Å². The normalized spacial score (nSPS) is 21.3. The summed E-state index contributed by atoms with van der Waals surface area (Å²) in [5, 5.41) is 6.62. The number of carbonyl (C=O) groups excluding carboxylic acids is 2. The van der Waals surface area contributed by atoms with Gasteiger partial charge in [-0.1, -0.05) is 0 Å². The van der Waals surface area contributed by atoms with Gasteiger partial charge in [-0.15, -0.1) is 11.3 Å². The van der Waals surface area contributed by atoms with Crippen LogP contribution in [-0.4, -0.2) is 31.6 Å². The number of nitrogens with one attached hydrogen (secondary N) is 2.